The number of carbonyl (C=O) groups excluding carboxylic acids is 1. The van der Waals surface area contributed by atoms with Crippen molar-refractivity contribution in [3.8, 4) is 16.2 Å². The maximum atomic E-state index is 13.1. The van der Waals surface area contributed by atoms with E-state index in [2.05, 4.69) is 4.98 Å². The van der Waals surface area contributed by atoms with E-state index in [1.54, 1.807) is 35.6 Å². The van der Waals surface area contributed by atoms with Crippen LogP contribution in [0.4, 0.5) is 0 Å². The molecule has 4 aromatic rings. The fraction of sp³-hybridized carbons (Fsp3) is 0.190. The Labute approximate surface area is 169 Å². The fourth-order valence-corrected chi connectivity index (χ4v) is 4.85. The van der Waals surface area contributed by atoms with Crippen molar-refractivity contribution < 1.29 is 9.53 Å². The van der Waals surface area contributed by atoms with E-state index in [4.69, 9.17) is 4.74 Å². The van der Waals surface area contributed by atoms with Gasteiger partial charge in [0.2, 0.25) is 0 Å². The predicted octanol–water partition coefficient (Wildman–Crippen LogP) is 4.78. The molecular weight excluding hydrogens is 392 g/mol. The molecule has 0 saturated carbocycles. The molecule has 7 heteroatoms. The topological polar surface area (TPSA) is 61.2 Å². The maximum Gasteiger partial charge on any atom is 0.263 e. The van der Waals surface area contributed by atoms with E-state index in [1.807, 2.05) is 31.4 Å². The lowest BCUT2D eigenvalue weighted by molar-refractivity contribution is 0.0970. The standard InChI is InChI=1S/C21H18N2O3S2/c1-3-26-15-7-5-14(6-8-15)17(24)10-23-12-22-20-19(21(23)25)16(11-27-20)18-9-4-13(2)28-18/h4-9,11-12H,3,10H2,1-2H3. The highest BCUT2D eigenvalue weighted by atomic mass is 32.1. The minimum Gasteiger partial charge on any atom is -0.494 e. The third-order valence-corrected chi connectivity index (χ3v) is 6.29. The van der Waals surface area contributed by atoms with Crippen molar-refractivity contribution in [1.29, 1.82) is 0 Å². The zero-order valence-electron chi connectivity index (χ0n) is 15.5. The van der Waals surface area contributed by atoms with E-state index in [0.29, 0.717) is 28.1 Å². The summed E-state index contributed by atoms with van der Waals surface area (Å²) in [5.41, 5.74) is 1.24. The Balaban J connectivity index is 1.66. The Kier molecular flexibility index (Phi) is 5.11. The predicted molar refractivity (Wildman–Crippen MR) is 114 cm³/mol. The number of thiophene rings is 2. The summed E-state index contributed by atoms with van der Waals surface area (Å²) in [6.07, 6.45) is 1.46. The van der Waals surface area contributed by atoms with Crippen LogP contribution in [0.1, 0.15) is 22.2 Å². The van der Waals surface area contributed by atoms with Gasteiger partial charge in [0.15, 0.2) is 5.78 Å². The average Bonchev–Trinajstić information content (AvgIpc) is 3.31. The summed E-state index contributed by atoms with van der Waals surface area (Å²) in [4.78, 5) is 33.0. The van der Waals surface area contributed by atoms with Crippen LogP contribution in [-0.4, -0.2) is 21.9 Å². The number of ketones is 1. The van der Waals surface area contributed by atoms with Crippen LogP contribution in [0.15, 0.2) is 52.9 Å². The highest BCUT2D eigenvalue weighted by Gasteiger charge is 2.16. The van der Waals surface area contributed by atoms with Crippen molar-refractivity contribution in [1.82, 2.24) is 9.55 Å². The first kappa shape index (κ1) is 18.6. The lowest BCUT2D eigenvalue weighted by atomic mass is 10.1. The molecule has 0 aliphatic heterocycles. The number of fused-ring (bicyclic) bond motifs is 1. The van der Waals surface area contributed by atoms with Crippen LogP contribution in [0.5, 0.6) is 5.75 Å². The molecule has 0 amide bonds. The van der Waals surface area contributed by atoms with Crippen LogP contribution >= 0.6 is 22.7 Å². The Hall–Kier alpha value is -2.77. The molecule has 0 N–H and O–H groups in total. The minimum atomic E-state index is -0.188. The van der Waals surface area contributed by atoms with Gasteiger partial charge in [-0.1, -0.05) is 0 Å². The van der Waals surface area contributed by atoms with E-state index in [9.17, 15) is 9.59 Å². The van der Waals surface area contributed by atoms with Gasteiger partial charge in [-0.3, -0.25) is 14.2 Å². The number of aryl methyl sites for hydroxylation is 1. The largest absolute Gasteiger partial charge is 0.494 e. The van der Waals surface area contributed by atoms with E-state index in [-0.39, 0.29) is 17.9 Å². The third kappa shape index (κ3) is 3.50. The first-order valence-electron chi connectivity index (χ1n) is 8.86. The Morgan fingerprint density at radius 1 is 1.18 bits per heavy atom. The molecule has 5 nitrogen and oxygen atoms in total. The zero-order valence-corrected chi connectivity index (χ0v) is 17.1. The summed E-state index contributed by atoms with van der Waals surface area (Å²) in [5.74, 6) is 0.573. The summed E-state index contributed by atoms with van der Waals surface area (Å²) in [6, 6.07) is 11.0. The molecule has 0 fully saturated rings. The number of hydrogen-bond acceptors (Lipinski definition) is 6. The molecule has 0 bridgehead atoms. The number of carbonyl (C=O) groups is 1. The van der Waals surface area contributed by atoms with Crippen molar-refractivity contribution in [2.75, 3.05) is 6.61 Å². The Morgan fingerprint density at radius 2 is 1.96 bits per heavy atom. The first-order valence-corrected chi connectivity index (χ1v) is 10.6. The SMILES string of the molecule is CCOc1ccc(C(=O)Cn2cnc3scc(-c4ccc(C)s4)c3c2=O)cc1. The molecule has 0 aliphatic carbocycles. The molecule has 3 aromatic heterocycles. The molecule has 1 aromatic carbocycles. The molecule has 0 aliphatic rings. The maximum absolute atomic E-state index is 13.1. The minimum absolute atomic E-state index is 0.0471. The molecule has 142 valence electrons. The van der Waals surface area contributed by atoms with E-state index in [0.717, 1.165) is 10.4 Å². The van der Waals surface area contributed by atoms with Gasteiger partial charge in [-0.2, -0.15) is 0 Å². The second kappa shape index (κ2) is 7.69. The quantitative estimate of drug-likeness (QED) is 0.429. The molecular formula is C21H18N2O3S2. The van der Waals surface area contributed by atoms with Gasteiger partial charge in [0.05, 0.1) is 24.9 Å². The van der Waals surface area contributed by atoms with Crippen LogP contribution in [0, 0.1) is 6.92 Å². The van der Waals surface area contributed by atoms with Crippen molar-refractivity contribution in [2.45, 2.75) is 20.4 Å². The van der Waals surface area contributed by atoms with Gasteiger partial charge in [-0.05, 0) is 50.2 Å². The van der Waals surface area contributed by atoms with E-state index in [1.165, 1.54) is 27.1 Å². The first-order chi connectivity index (χ1) is 13.6. The smallest absolute Gasteiger partial charge is 0.263 e. The number of rotatable bonds is 6. The number of ether oxygens (including phenoxy) is 1. The molecule has 28 heavy (non-hydrogen) atoms. The molecule has 4 rings (SSSR count). The Morgan fingerprint density at radius 3 is 2.64 bits per heavy atom. The monoisotopic (exact) mass is 410 g/mol. The zero-order chi connectivity index (χ0) is 19.7. The lowest BCUT2D eigenvalue weighted by Gasteiger charge is -2.07. The van der Waals surface area contributed by atoms with Crippen molar-refractivity contribution in [3.63, 3.8) is 0 Å². The lowest BCUT2D eigenvalue weighted by Crippen LogP contribution is -2.24. The van der Waals surface area contributed by atoms with Gasteiger partial charge in [-0.15, -0.1) is 22.7 Å². The van der Waals surface area contributed by atoms with E-state index < -0.39 is 0 Å². The number of aromatic nitrogens is 2. The fourth-order valence-electron chi connectivity index (χ4n) is 2.99. The second-order valence-corrected chi connectivity index (χ2v) is 8.44. The number of benzene rings is 1. The molecule has 3 heterocycles. The number of hydrogen-bond donors (Lipinski definition) is 0. The van der Waals surface area contributed by atoms with E-state index >= 15 is 0 Å². The van der Waals surface area contributed by atoms with Gasteiger partial charge >= 0.3 is 0 Å². The summed E-state index contributed by atoms with van der Waals surface area (Å²) >= 11 is 3.09. The third-order valence-electron chi connectivity index (χ3n) is 4.37. The van der Waals surface area contributed by atoms with Crippen molar-refractivity contribution in [3.05, 3.63) is 68.9 Å². The van der Waals surface area contributed by atoms with Crippen LogP contribution < -0.4 is 10.3 Å². The van der Waals surface area contributed by atoms with Crippen molar-refractivity contribution >= 4 is 38.7 Å². The number of Topliss-reactive ketones (excluding diaryl/α,β-unsaturated/α-hetero) is 1. The molecule has 0 spiro atoms. The molecule has 0 saturated heterocycles. The van der Waals surface area contributed by atoms with Gasteiger partial charge < -0.3 is 4.74 Å². The molecule has 0 unspecified atom stereocenters. The summed E-state index contributed by atoms with van der Waals surface area (Å²) < 4.78 is 6.79. The highest BCUT2D eigenvalue weighted by Crippen LogP contribution is 2.34. The van der Waals surface area contributed by atoms with Crippen LogP contribution in [0.25, 0.3) is 20.7 Å². The molecule has 0 atom stereocenters. The normalized spacial score (nSPS) is 11.1. The highest BCUT2D eigenvalue weighted by molar-refractivity contribution is 7.19. The number of nitrogens with zero attached hydrogens (tertiary/aromatic N) is 2. The molecule has 0 radical (unpaired) electrons. The van der Waals surface area contributed by atoms with Crippen molar-refractivity contribution in [2.24, 2.45) is 0 Å². The van der Waals surface area contributed by atoms with Gasteiger partial charge in [0.1, 0.15) is 10.6 Å². The van der Waals surface area contributed by atoms with Crippen LogP contribution in [0.3, 0.4) is 0 Å². The summed E-state index contributed by atoms with van der Waals surface area (Å²) in [6.45, 7) is 4.47. The Bertz CT molecular complexity index is 1200. The van der Waals surface area contributed by atoms with Gasteiger partial charge in [-0.25, -0.2) is 4.98 Å². The average molecular weight is 411 g/mol. The summed E-state index contributed by atoms with van der Waals surface area (Å²) in [7, 11) is 0. The second-order valence-electron chi connectivity index (χ2n) is 6.30. The van der Waals surface area contributed by atoms with Crippen LogP contribution in [-0.2, 0) is 6.54 Å². The van der Waals surface area contributed by atoms with Crippen LogP contribution in [0.2, 0.25) is 0 Å². The van der Waals surface area contributed by atoms with Gasteiger partial charge in [0, 0.05) is 26.3 Å². The van der Waals surface area contributed by atoms with Gasteiger partial charge in [0.25, 0.3) is 5.56 Å². The summed E-state index contributed by atoms with van der Waals surface area (Å²) in [5, 5.41) is 2.54.